The first kappa shape index (κ1) is 21.5. The maximum atomic E-state index is 13.0. The molecule has 0 aliphatic carbocycles. The van der Waals surface area contributed by atoms with Crippen LogP contribution in [0.3, 0.4) is 0 Å². The minimum absolute atomic E-state index is 0.0941. The monoisotopic (exact) mass is 434 g/mol. The molecule has 1 aliphatic heterocycles. The van der Waals surface area contributed by atoms with Crippen LogP contribution in [0.25, 0.3) is 11.0 Å². The fraction of sp³-hybridized carbons (Fsp3) is 0.333. The van der Waals surface area contributed by atoms with Gasteiger partial charge in [0.1, 0.15) is 0 Å². The van der Waals surface area contributed by atoms with Crippen LogP contribution in [0.5, 0.6) is 5.88 Å². The molecule has 1 saturated heterocycles. The van der Waals surface area contributed by atoms with E-state index in [0.717, 1.165) is 30.4 Å². The smallest absolute Gasteiger partial charge is 0.338 e. The first-order valence-corrected chi connectivity index (χ1v) is 10.7. The zero-order valence-electron chi connectivity index (χ0n) is 18.2. The van der Waals surface area contributed by atoms with Gasteiger partial charge in [-0.2, -0.15) is 0 Å². The van der Waals surface area contributed by atoms with Gasteiger partial charge in [0.05, 0.1) is 36.2 Å². The molecule has 166 valence electrons. The van der Waals surface area contributed by atoms with Crippen LogP contribution in [0.1, 0.15) is 30.1 Å². The van der Waals surface area contributed by atoms with Crippen molar-refractivity contribution in [2.75, 3.05) is 37.0 Å². The molecular weight excluding hydrogens is 408 g/mol. The highest BCUT2D eigenvalue weighted by atomic mass is 16.5. The van der Waals surface area contributed by atoms with E-state index in [1.165, 1.54) is 0 Å². The molecule has 8 nitrogen and oxygen atoms in total. The van der Waals surface area contributed by atoms with Crippen molar-refractivity contribution in [2.24, 2.45) is 5.92 Å². The van der Waals surface area contributed by atoms with Crippen LogP contribution in [0.4, 0.5) is 11.5 Å². The van der Waals surface area contributed by atoms with E-state index < -0.39 is 5.97 Å². The number of hydrogen-bond donors (Lipinski definition) is 1. The van der Waals surface area contributed by atoms with E-state index in [-0.39, 0.29) is 11.8 Å². The van der Waals surface area contributed by atoms with Crippen LogP contribution in [-0.4, -0.2) is 48.7 Å². The summed E-state index contributed by atoms with van der Waals surface area (Å²) in [5.41, 5.74) is 2.53. The number of rotatable bonds is 6. The third kappa shape index (κ3) is 4.64. The fourth-order valence-electron chi connectivity index (χ4n) is 3.88. The highest BCUT2D eigenvalue weighted by Crippen LogP contribution is 2.30. The van der Waals surface area contributed by atoms with Gasteiger partial charge in [-0.05, 0) is 50.1 Å². The van der Waals surface area contributed by atoms with E-state index in [9.17, 15) is 9.59 Å². The van der Waals surface area contributed by atoms with Gasteiger partial charge in [0.2, 0.25) is 5.91 Å². The normalized spacial score (nSPS) is 15.9. The Morgan fingerprint density at radius 3 is 2.66 bits per heavy atom. The van der Waals surface area contributed by atoms with Gasteiger partial charge in [0, 0.05) is 18.8 Å². The summed E-state index contributed by atoms with van der Waals surface area (Å²) in [6.45, 7) is 3.33. The van der Waals surface area contributed by atoms with E-state index >= 15 is 0 Å². The quantitative estimate of drug-likeness (QED) is 0.592. The fourth-order valence-corrected chi connectivity index (χ4v) is 3.88. The Balaban J connectivity index is 1.50. The number of para-hydroxylation sites is 2. The van der Waals surface area contributed by atoms with Gasteiger partial charge in [-0.3, -0.25) is 4.79 Å². The molecule has 4 rings (SSSR count). The summed E-state index contributed by atoms with van der Waals surface area (Å²) >= 11 is 0. The summed E-state index contributed by atoms with van der Waals surface area (Å²) < 4.78 is 10.5. The van der Waals surface area contributed by atoms with Gasteiger partial charge in [0.15, 0.2) is 5.82 Å². The number of hydrogen-bond acceptors (Lipinski definition) is 7. The van der Waals surface area contributed by atoms with Crippen molar-refractivity contribution in [3.8, 4) is 5.88 Å². The maximum absolute atomic E-state index is 13.0. The predicted molar refractivity (Wildman–Crippen MR) is 122 cm³/mol. The number of piperidine rings is 1. The molecule has 1 amide bonds. The van der Waals surface area contributed by atoms with Crippen molar-refractivity contribution in [3.05, 3.63) is 54.1 Å². The largest absolute Gasteiger partial charge is 0.478 e. The van der Waals surface area contributed by atoms with Crippen molar-refractivity contribution < 1.29 is 19.1 Å². The molecule has 0 saturated carbocycles. The second kappa shape index (κ2) is 9.64. The number of aromatic nitrogens is 2. The first-order chi connectivity index (χ1) is 15.6. The highest BCUT2D eigenvalue weighted by molar-refractivity contribution is 5.96. The summed E-state index contributed by atoms with van der Waals surface area (Å²) in [6.07, 6.45) is 1.61. The van der Waals surface area contributed by atoms with E-state index in [1.54, 1.807) is 38.3 Å². The van der Waals surface area contributed by atoms with E-state index in [1.807, 2.05) is 24.3 Å². The molecule has 1 N–H and O–H groups in total. The molecule has 1 atom stereocenters. The van der Waals surface area contributed by atoms with Crippen molar-refractivity contribution in [3.63, 3.8) is 0 Å². The van der Waals surface area contributed by atoms with E-state index in [2.05, 4.69) is 15.2 Å². The van der Waals surface area contributed by atoms with Gasteiger partial charge in [-0.15, -0.1) is 0 Å². The third-order valence-corrected chi connectivity index (χ3v) is 5.45. The predicted octanol–water partition coefficient (Wildman–Crippen LogP) is 3.67. The molecule has 0 bridgehead atoms. The second-order valence-electron chi connectivity index (χ2n) is 7.62. The van der Waals surface area contributed by atoms with Gasteiger partial charge in [-0.1, -0.05) is 18.2 Å². The first-order valence-electron chi connectivity index (χ1n) is 10.7. The molecule has 2 aromatic carbocycles. The number of anilines is 2. The van der Waals surface area contributed by atoms with Crippen LogP contribution in [0, 0.1) is 5.92 Å². The van der Waals surface area contributed by atoms with Crippen LogP contribution in [0.15, 0.2) is 48.5 Å². The molecule has 1 fully saturated rings. The average molecular weight is 434 g/mol. The Labute approximate surface area is 186 Å². The molecule has 0 radical (unpaired) electrons. The number of carbonyl (C=O) groups is 2. The standard InChI is InChI=1S/C24H26N4O4/c1-3-32-24(30)16-8-6-10-18(14-16)25-22(29)17-9-7-13-28(15-17)21-23(31-2)27-20-12-5-4-11-19(20)26-21/h4-6,8,10-12,14,17H,3,7,9,13,15H2,1-2H3,(H,25,29)/t17-/m1/s1. The molecule has 2 heterocycles. The van der Waals surface area contributed by atoms with Crippen LogP contribution in [-0.2, 0) is 9.53 Å². The molecule has 32 heavy (non-hydrogen) atoms. The Kier molecular flexibility index (Phi) is 6.49. The number of ether oxygens (including phenoxy) is 2. The Bertz CT molecular complexity index is 1130. The zero-order chi connectivity index (χ0) is 22.5. The van der Waals surface area contributed by atoms with Crippen LogP contribution >= 0.6 is 0 Å². The van der Waals surface area contributed by atoms with Crippen molar-refractivity contribution in [1.82, 2.24) is 9.97 Å². The SMILES string of the molecule is CCOC(=O)c1cccc(NC(=O)[C@@H]2CCCN(c3nc4ccccc4nc3OC)C2)c1. The van der Waals surface area contributed by atoms with E-state index in [4.69, 9.17) is 14.5 Å². The zero-order valence-corrected chi connectivity index (χ0v) is 18.2. The lowest BCUT2D eigenvalue weighted by molar-refractivity contribution is -0.120. The number of carbonyl (C=O) groups excluding carboxylic acids is 2. The summed E-state index contributed by atoms with van der Waals surface area (Å²) in [6, 6.07) is 14.4. The Morgan fingerprint density at radius 2 is 1.91 bits per heavy atom. The molecule has 0 spiro atoms. The number of fused-ring (bicyclic) bond motifs is 1. The maximum Gasteiger partial charge on any atom is 0.338 e. The molecule has 8 heteroatoms. The molecular formula is C24H26N4O4. The van der Waals surface area contributed by atoms with Crippen molar-refractivity contribution >= 4 is 34.4 Å². The lowest BCUT2D eigenvalue weighted by atomic mass is 9.97. The summed E-state index contributed by atoms with van der Waals surface area (Å²) in [7, 11) is 1.58. The van der Waals surface area contributed by atoms with Gasteiger partial charge in [0.25, 0.3) is 5.88 Å². The van der Waals surface area contributed by atoms with Crippen LogP contribution < -0.4 is 15.0 Å². The lowest BCUT2D eigenvalue weighted by Crippen LogP contribution is -2.41. The summed E-state index contributed by atoms with van der Waals surface area (Å²) in [4.78, 5) is 36.4. The minimum atomic E-state index is -0.408. The number of nitrogens with zero attached hydrogens (tertiary/aromatic N) is 3. The third-order valence-electron chi connectivity index (χ3n) is 5.45. The summed E-state index contributed by atoms with van der Waals surface area (Å²) in [5, 5.41) is 2.94. The van der Waals surface area contributed by atoms with Crippen molar-refractivity contribution in [2.45, 2.75) is 19.8 Å². The van der Waals surface area contributed by atoms with Gasteiger partial charge in [-0.25, -0.2) is 14.8 Å². The topological polar surface area (TPSA) is 93.7 Å². The van der Waals surface area contributed by atoms with E-state index in [0.29, 0.717) is 36.1 Å². The molecule has 1 aliphatic rings. The Morgan fingerprint density at radius 1 is 1.12 bits per heavy atom. The van der Waals surface area contributed by atoms with Crippen LogP contribution in [0.2, 0.25) is 0 Å². The summed E-state index contributed by atoms with van der Waals surface area (Å²) in [5.74, 6) is 0.366. The van der Waals surface area contributed by atoms with Gasteiger partial charge >= 0.3 is 5.97 Å². The number of esters is 1. The average Bonchev–Trinajstić information content (AvgIpc) is 2.83. The number of nitrogens with one attached hydrogen (secondary N) is 1. The number of amides is 1. The minimum Gasteiger partial charge on any atom is -0.478 e. The van der Waals surface area contributed by atoms with Crippen molar-refractivity contribution in [1.29, 1.82) is 0 Å². The Hall–Kier alpha value is -3.68. The molecule has 3 aromatic rings. The molecule has 1 aromatic heterocycles. The number of methoxy groups -OCH3 is 1. The number of benzene rings is 2. The lowest BCUT2D eigenvalue weighted by Gasteiger charge is -2.33. The second-order valence-corrected chi connectivity index (χ2v) is 7.62. The molecule has 0 unspecified atom stereocenters. The van der Waals surface area contributed by atoms with Gasteiger partial charge < -0.3 is 19.7 Å². The highest BCUT2D eigenvalue weighted by Gasteiger charge is 2.29.